The number of rotatable bonds is 7. The third-order valence-electron chi connectivity index (χ3n) is 5.02. The van der Waals surface area contributed by atoms with E-state index < -0.39 is 0 Å². The lowest BCUT2D eigenvalue weighted by Gasteiger charge is -2.13. The highest BCUT2D eigenvalue weighted by Crippen LogP contribution is 2.22. The second-order valence-electron chi connectivity index (χ2n) is 7.28. The van der Waals surface area contributed by atoms with E-state index >= 15 is 0 Å². The number of halogens is 1. The van der Waals surface area contributed by atoms with Crippen LogP contribution in [-0.4, -0.2) is 34.0 Å². The Bertz CT molecular complexity index is 1420. The molecule has 4 rings (SSSR count). The van der Waals surface area contributed by atoms with E-state index in [1.54, 1.807) is 68.6 Å². The summed E-state index contributed by atoms with van der Waals surface area (Å²) in [4.78, 5) is 30.4. The molecule has 0 bridgehead atoms. The molecular formula is C25H21ClN4O3S. The zero-order valence-corrected chi connectivity index (χ0v) is 20.1. The van der Waals surface area contributed by atoms with Crippen molar-refractivity contribution < 1.29 is 9.53 Å². The van der Waals surface area contributed by atoms with Crippen LogP contribution in [0.5, 0.6) is 5.75 Å². The van der Waals surface area contributed by atoms with Gasteiger partial charge in [-0.15, -0.1) is 0 Å². The number of hydrogen-bond acceptors (Lipinski definition) is 6. The lowest BCUT2D eigenvalue weighted by atomic mass is 10.1. The van der Waals surface area contributed by atoms with Gasteiger partial charge in [0.15, 0.2) is 5.16 Å². The highest BCUT2D eigenvalue weighted by Gasteiger charge is 2.15. The van der Waals surface area contributed by atoms with Crippen LogP contribution in [0.1, 0.15) is 12.5 Å². The fourth-order valence-electron chi connectivity index (χ4n) is 3.23. The van der Waals surface area contributed by atoms with Crippen molar-refractivity contribution in [2.45, 2.75) is 12.1 Å². The Labute approximate surface area is 205 Å². The van der Waals surface area contributed by atoms with E-state index in [1.807, 2.05) is 18.2 Å². The predicted octanol–water partition coefficient (Wildman–Crippen LogP) is 4.68. The topological polar surface area (TPSA) is 85.6 Å². The van der Waals surface area contributed by atoms with Crippen LogP contribution in [0.4, 0.5) is 0 Å². The largest absolute Gasteiger partial charge is 0.497 e. The number of para-hydroxylation sites is 1. The molecule has 0 aliphatic carbocycles. The molecule has 0 saturated heterocycles. The number of carbonyl (C=O) groups is 1. The molecule has 1 amide bonds. The molecule has 1 N–H and O–H groups in total. The van der Waals surface area contributed by atoms with Gasteiger partial charge in [0, 0.05) is 5.02 Å². The van der Waals surface area contributed by atoms with Gasteiger partial charge in [0.1, 0.15) is 5.75 Å². The molecule has 0 aliphatic rings. The molecule has 0 saturated carbocycles. The molecule has 172 valence electrons. The smallest absolute Gasteiger partial charge is 0.266 e. The summed E-state index contributed by atoms with van der Waals surface area (Å²) >= 11 is 7.07. The standard InChI is InChI=1S/C25H21ClN4O3S/c1-16(17-7-9-18(26)10-8-17)28-29-23(31)15-34-25-27-22-6-4-3-5-21(22)24(32)30(25)19-11-13-20(33-2)14-12-19/h3-14H,15H2,1-2H3,(H,29,31)/b28-16-. The molecule has 0 aliphatic heterocycles. The van der Waals surface area contributed by atoms with Crippen LogP contribution in [-0.2, 0) is 4.79 Å². The summed E-state index contributed by atoms with van der Waals surface area (Å²) in [6.45, 7) is 1.79. The summed E-state index contributed by atoms with van der Waals surface area (Å²) in [6, 6.07) is 21.4. The Morgan fingerprint density at radius 2 is 1.79 bits per heavy atom. The van der Waals surface area contributed by atoms with Gasteiger partial charge in [-0.2, -0.15) is 5.10 Å². The molecule has 7 nitrogen and oxygen atoms in total. The summed E-state index contributed by atoms with van der Waals surface area (Å²) in [6.07, 6.45) is 0. The Kier molecular flexibility index (Phi) is 7.30. The fraction of sp³-hybridized carbons (Fsp3) is 0.120. The molecule has 0 radical (unpaired) electrons. The van der Waals surface area contributed by atoms with E-state index in [9.17, 15) is 9.59 Å². The summed E-state index contributed by atoms with van der Waals surface area (Å²) in [5.41, 5.74) is 5.03. The normalized spacial score (nSPS) is 11.4. The van der Waals surface area contributed by atoms with E-state index in [2.05, 4.69) is 15.5 Å². The molecule has 0 atom stereocenters. The van der Waals surface area contributed by atoms with Crippen LogP contribution < -0.4 is 15.7 Å². The molecule has 9 heteroatoms. The minimum Gasteiger partial charge on any atom is -0.497 e. The van der Waals surface area contributed by atoms with Gasteiger partial charge in [-0.3, -0.25) is 14.2 Å². The van der Waals surface area contributed by atoms with E-state index in [0.29, 0.717) is 38.2 Å². The van der Waals surface area contributed by atoms with Crippen molar-refractivity contribution in [3.8, 4) is 11.4 Å². The van der Waals surface area contributed by atoms with Crippen LogP contribution >= 0.6 is 23.4 Å². The number of benzene rings is 3. The van der Waals surface area contributed by atoms with Crippen LogP contribution in [0.15, 0.2) is 87.8 Å². The number of amides is 1. The van der Waals surface area contributed by atoms with E-state index in [0.717, 1.165) is 17.3 Å². The van der Waals surface area contributed by atoms with Crippen LogP contribution in [0.2, 0.25) is 5.02 Å². The van der Waals surface area contributed by atoms with Crippen LogP contribution in [0, 0.1) is 0 Å². The fourth-order valence-corrected chi connectivity index (χ4v) is 4.16. The Morgan fingerprint density at radius 3 is 2.50 bits per heavy atom. The summed E-state index contributed by atoms with van der Waals surface area (Å²) < 4.78 is 6.72. The quantitative estimate of drug-likeness (QED) is 0.175. The highest BCUT2D eigenvalue weighted by atomic mass is 35.5. The van der Waals surface area contributed by atoms with Gasteiger partial charge in [-0.25, -0.2) is 10.4 Å². The molecule has 3 aromatic carbocycles. The van der Waals surface area contributed by atoms with Crippen molar-refractivity contribution >= 4 is 45.9 Å². The SMILES string of the molecule is COc1ccc(-n2c(SCC(=O)N/N=C(/C)c3ccc(Cl)cc3)nc3ccccc3c2=O)cc1. The zero-order valence-electron chi connectivity index (χ0n) is 18.5. The third-order valence-corrected chi connectivity index (χ3v) is 6.21. The number of carbonyl (C=O) groups excluding carboxylic acids is 1. The first-order valence-corrected chi connectivity index (χ1v) is 11.7. The minimum atomic E-state index is -0.318. The Morgan fingerprint density at radius 1 is 1.09 bits per heavy atom. The van der Waals surface area contributed by atoms with Gasteiger partial charge in [-0.1, -0.05) is 47.6 Å². The number of aromatic nitrogens is 2. The van der Waals surface area contributed by atoms with Crippen LogP contribution in [0.25, 0.3) is 16.6 Å². The molecular weight excluding hydrogens is 472 g/mol. The molecule has 0 unspecified atom stereocenters. The summed E-state index contributed by atoms with van der Waals surface area (Å²) in [7, 11) is 1.58. The molecule has 34 heavy (non-hydrogen) atoms. The average Bonchev–Trinajstić information content (AvgIpc) is 2.86. The number of nitrogens with one attached hydrogen (secondary N) is 1. The summed E-state index contributed by atoms with van der Waals surface area (Å²) in [5, 5.41) is 5.69. The number of methoxy groups -OCH3 is 1. The zero-order chi connectivity index (χ0) is 24.1. The first kappa shape index (κ1) is 23.5. The number of thioether (sulfide) groups is 1. The third kappa shape index (κ3) is 5.30. The summed E-state index contributed by atoms with van der Waals surface area (Å²) in [5.74, 6) is 0.383. The monoisotopic (exact) mass is 492 g/mol. The number of hydrogen-bond donors (Lipinski definition) is 1. The molecule has 4 aromatic rings. The maximum absolute atomic E-state index is 13.3. The number of hydrazone groups is 1. The van der Waals surface area contributed by atoms with Gasteiger partial charge < -0.3 is 4.74 Å². The highest BCUT2D eigenvalue weighted by molar-refractivity contribution is 7.99. The van der Waals surface area contributed by atoms with Gasteiger partial charge in [-0.05, 0) is 61.0 Å². The van der Waals surface area contributed by atoms with Crippen molar-refractivity contribution in [1.29, 1.82) is 0 Å². The van der Waals surface area contributed by atoms with Gasteiger partial charge in [0.25, 0.3) is 11.5 Å². The van der Waals surface area contributed by atoms with E-state index in [-0.39, 0.29) is 17.2 Å². The molecule has 1 aromatic heterocycles. The molecule has 0 spiro atoms. The first-order valence-electron chi connectivity index (χ1n) is 10.3. The Hall–Kier alpha value is -3.62. The number of ether oxygens (including phenoxy) is 1. The van der Waals surface area contributed by atoms with Gasteiger partial charge in [0.2, 0.25) is 0 Å². The second kappa shape index (κ2) is 10.5. The number of nitrogens with zero attached hydrogens (tertiary/aromatic N) is 3. The van der Waals surface area contributed by atoms with Crippen molar-refractivity contribution in [3.05, 3.63) is 93.7 Å². The molecule has 0 fully saturated rings. The first-order chi connectivity index (χ1) is 16.5. The van der Waals surface area contributed by atoms with Gasteiger partial charge in [0.05, 0.1) is 35.2 Å². The second-order valence-corrected chi connectivity index (χ2v) is 8.66. The van der Waals surface area contributed by atoms with Crippen LogP contribution in [0.3, 0.4) is 0 Å². The van der Waals surface area contributed by atoms with Crippen molar-refractivity contribution in [2.75, 3.05) is 12.9 Å². The van der Waals surface area contributed by atoms with Crippen molar-refractivity contribution in [3.63, 3.8) is 0 Å². The predicted molar refractivity (Wildman–Crippen MR) is 136 cm³/mol. The minimum absolute atomic E-state index is 0.0261. The van der Waals surface area contributed by atoms with E-state index in [1.165, 1.54) is 4.57 Å². The number of fused-ring (bicyclic) bond motifs is 1. The maximum atomic E-state index is 13.3. The molecule has 1 heterocycles. The average molecular weight is 493 g/mol. The lowest BCUT2D eigenvalue weighted by molar-refractivity contribution is -0.118. The maximum Gasteiger partial charge on any atom is 0.266 e. The van der Waals surface area contributed by atoms with E-state index in [4.69, 9.17) is 16.3 Å². The lowest BCUT2D eigenvalue weighted by Crippen LogP contribution is -2.24. The Balaban J connectivity index is 1.58. The van der Waals surface area contributed by atoms with Gasteiger partial charge >= 0.3 is 0 Å². The van der Waals surface area contributed by atoms with Crippen molar-refractivity contribution in [1.82, 2.24) is 15.0 Å². The van der Waals surface area contributed by atoms with Crippen molar-refractivity contribution in [2.24, 2.45) is 5.10 Å².